The summed E-state index contributed by atoms with van der Waals surface area (Å²) in [6.07, 6.45) is 0.421. The predicted octanol–water partition coefficient (Wildman–Crippen LogP) is 2.30. The van der Waals surface area contributed by atoms with Crippen LogP contribution in [-0.2, 0) is 10.3 Å². The van der Waals surface area contributed by atoms with Crippen LogP contribution in [0.5, 0.6) is 11.5 Å². The fraction of sp³-hybridized carbons (Fsp3) is 0.263. The van der Waals surface area contributed by atoms with E-state index in [1.165, 1.54) is 4.90 Å². The van der Waals surface area contributed by atoms with Crippen LogP contribution in [0.15, 0.2) is 54.6 Å². The molecule has 0 bridgehead atoms. The first-order valence-electron chi connectivity index (χ1n) is 8.25. The minimum atomic E-state index is -1.03. The number of carbonyl (C=O) groups excluding carboxylic acids is 2. The van der Waals surface area contributed by atoms with E-state index in [0.29, 0.717) is 30.1 Å². The lowest BCUT2D eigenvalue weighted by atomic mass is 9.84. The molecule has 1 N–H and O–H groups in total. The molecule has 4 rings (SSSR count). The van der Waals surface area contributed by atoms with E-state index >= 15 is 0 Å². The zero-order chi connectivity index (χ0) is 17.3. The highest BCUT2D eigenvalue weighted by Crippen LogP contribution is 2.40. The minimum Gasteiger partial charge on any atom is -0.493 e. The van der Waals surface area contributed by atoms with Gasteiger partial charge in [-0.1, -0.05) is 36.4 Å². The van der Waals surface area contributed by atoms with Gasteiger partial charge in [0, 0.05) is 12.0 Å². The maximum absolute atomic E-state index is 13.0. The van der Waals surface area contributed by atoms with E-state index in [4.69, 9.17) is 9.47 Å². The van der Waals surface area contributed by atoms with Gasteiger partial charge >= 0.3 is 6.03 Å². The van der Waals surface area contributed by atoms with Gasteiger partial charge in [0.25, 0.3) is 5.91 Å². The molecule has 0 saturated carbocycles. The molecule has 1 atom stereocenters. The molecule has 0 radical (unpaired) electrons. The zero-order valence-corrected chi connectivity index (χ0v) is 13.6. The highest BCUT2D eigenvalue weighted by atomic mass is 16.5. The Labute approximate surface area is 145 Å². The summed E-state index contributed by atoms with van der Waals surface area (Å²) in [6.45, 7) is 0.832. The smallest absolute Gasteiger partial charge is 0.325 e. The minimum absolute atomic E-state index is 0.199. The lowest BCUT2D eigenvalue weighted by molar-refractivity contribution is -0.132. The fourth-order valence-corrected chi connectivity index (χ4v) is 3.35. The van der Waals surface area contributed by atoms with E-state index in [0.717, 1.165) is 0 Å². The molecule has 1 spiro atoms. The summed E-state index contributed by atoms with van der Waals surface area (Å²) < 4.78 is 11.2. The van der Waals surface area contributed by atoms with Crippen LogP contribution in [0, 0.1) is 0 Å². The quantitative estimate of drug-likeness (QED) is 0.869. The number of amides is 3. The van der Waals surface area contributed by atoms with E-state index < -0.39 is 11.6 Å². The number of nitrogens with one attached hydrogen (secondary N) is 1. The molecule has 1 fully saturated rings. The van der Waals surface area contributed by atoms with E-state index in [2.05, 4.69) is 5.32 Å². The standard InChI is InChI=1S/C19H18N2O4/c22-17-19(10-12-25-16-9-5-4-8-15(16)19)20-18(23)21(17)11-13-24-14-6-2-1-3-7-14/h1-9H,10-13H2,(H,20,23). The van der Waals surface area contributed by atoms with E-state index in [1.807, 2.05) is 54.6 Å². The second-order valence-electron chi connectivity index (χ2n) is 6.05. The highest BCUT2D eigenvalue weighted by Gasteiger charge is 2.54. The topological polar surface area (TPSA) is 67.9 Å². The molecular formula is C19H18N2O4. The van der Waals surface area contributed by atoms with Crippen LogP contribution < -0.4 is 14.8 Å². The van der Waals surface area contributed by atoms with Crippen LogP contribution in [0.4, 0.5) is 4.79 Å². The van der Waals surface area contributed by atoms with Gasteiger partial charge in [-0.15, -0.1) is 0 Å². The Hall–Kier alpha value is -3.02. The van der Waals surface area contributed by atoms with Crippen molar-refractivity contribution in [3.8, 4) is 11.5 Å². The number of carbonyl (C=O) groups is 2. The Morgan fingerprint density at radius 3 is 2.68 bits per heavy atom. The summed E-state index contributed by atoms with van der Waals surface area (Å²) in [5.74, 6) is 1.11. The lowest BCUT2D eigenvalue weighted by Crippen LogP contribution is -2.47. The van der Waals surface area contributed by atoms with E-state index in [1.54, 1.807) is 0 Å². The third-order valence-electron chi connectivity index (χ3n) is 4.58. The molecule has 2 aromatic carbocycles. The van der Waals surface area contributed by atoms with Crippen LogP contribution >= 0.6 is 0 Å². The first kappa shape index (κ1) is 15.5. The van der Waals surface area contributed by atoms with Crippen molar-refractivity contribution in [2.45, 2.75) is 12.0 Å². The predicted molar refractivity (Wildman–Crippen MR) is 90.4 cm³/mol. The SMILES string of the molecule is O=C1NC2(CCOc3ccccc32)C(=O)N1CCOc1ccccc1. The molecule has 2 aliphatic rings. The number of fused-ring (bicyclic) bond motifs is 2. The van der Waals surface area contributed by atoms with Crippen LogP contribution in [0.3, 0.4) is 0 Å². The van der Waals surface area contributed by atoms with Crippen LogP contribution in [0.2, 0.25) is 0 Å². The third-order valence-corrected chi connectivity index (χ3v) is 4.58. The average molecular weight is 338 g/mol. The third kappa shape index (κ3) is 2.59. The fourth-order valence-electron chi connectivity index (χ4n) is 3.35. The van der Waals surface area contributed by atoms with E-state index in [9.17, 15) is 9.59 Å². The molecule has 6 heteroatoms. The van der Waals surface area contributed by atoms with Crippen molar-refractivity contribution < 1.29 is 19.1 Å². The lowest BCUT2D eigenvalue weighted by Gasteiger charge is -2.33. The van der Waals surface area contributed by atoms with Gasteiger partial charge in [0.2, 0.25) is 0 Å². The Morgan fingerprint density at radius 1 is 1.08 bits per heavy atom. The van der Waals surface area contributed by atoms with Crippen molar-refractivity contribution in [2.24, 2.45) is 0 Å². The molecule has 1 unspecified atom stereocenters. The Bertz CT molecular complexity index is 808. The molecule has 2 aromatic rings. The normalized spacial score (nSPS) is 21.7. The summed E-state index contributed by atoms with van der Waals surface area (Å²) >= 11 is 0. The molecule has 0 aliphatic carbocycles. The average Bonchev–Trinajstić information content (AvgIpc) is 2.88. The molecule has 0 aromatic heterocycles. The number of rotatable bonds is 4. The van der Waals surface area contributed by atoms with Crippen molar-refractivity contribution >= 4 is 11.9 Å². The highest BCUT2D eigenvalue weighted by molar-refractivity contribution is 6.07. The monoisotopic (exact) mass is 338 g/mol. The summed E-state index contributed by atoms with van der Waals surface area (Å²) in [7, 11) is 0. The summed E-state index contributed by atoms with van der Waals surface area (Å²) in [4.78, 5) is 26.7. The van der Waals surface area contributed by atoms with Crippen molar-refractivity contribution in [3.63, 3.8) is 0 Å². The molecule has 25 heavy (non-hydrogen) atoms. The van der Waals surface area contributed by atoms with Gasteiger partial charge < -0.3 is 14.8 Å². The van der Waals surface area contributed by atoms with Gasteiger partial charge in [0.1, 0.15) is 18.1 Å². The first-order valence-corrected chi connectivity index (χ1v) is 8.25. The molecule has 128 valence electrons. The summed E-state index contributed by atoms with van der Waals surface area (Å²) in [5.41, 5.74) is -0.315. The first-order chi connectivity index (χ1) is 12.2. The number of benzene rings is 2. The largest absolute Gasteiger partial charge is 0.493 e. The number of nitrogens with zero attached hydrogens (tertiary/aromatic N) is 1. The van der Waals surface area contributed by atoms with Gasteiger partial charge in [-0.25, -0.2) is 4.79 Å². The Kier molecular flexibility index (Phi) is 3.80. The van der Waals surface area contributed by atoms with Gasteiger partial charge in [-0.3, -0.25) is 9.69 Å². The number of para-hydroxylation sites is 2. The molecular weight excluding hydrogens is 320 g/mol. The second-order valence-corrected chi connectivity index (χ2v) is 6.05. The van der Waals surface area contributed by atoms with Crippen molar-refractivity contribution in [3.05, 3.63) is 60.2 Å². The van der Waals surface area contributed by atoms with Crippen molar-refractivity contribution in [1.29, 1.82) is 0 Å². The van der Waals surface area contributed by atoms with Crippen LogP contribution in [-0.4, -0.2) is 36.6 Å². The Balaban J connectivity index is 1.51. The Morgan fingerprint density at radius 2 is 1.84 bits per heavy atom. The maximum atomic E-state index is 13.0. The second kappa shape index (κ2) is 6.12. The molecule has 6 nitrogen and oxygen atoms in total. The molecule has 2 heterocycles. The molecule has 3 amide bonds. The maximum Gasteiger partial charge on any atom is 0.325 e. The number of ether oxygens (including phenoxy) is 2. The van der Waals surface area contributed by atoms with Crippen LogP contribution in [0.1, 0.15) is 12.0 Å². The van der Waals surface area contributed by atoms with Gasteiger partial charge in [0.05, 0.1) is 13.2 Å². The van der Waals surface area contributed by atoms with Crippen molar-refractivity contribution in [2.75, 3.05) is 19.8 Å². The zero-order valence-electron chi connectivity index (χ0n) is 13.6. The number of hydrogen-bond acceptors (Lipinski definition) is 4. The number of imide groups is 1. The number of urea groups is 1. The summed E-state index contributed by atoms with van der Waals surface area (Å²) in [6, 6.07) is 16.3. The summed E-state index contributed by atoms with van der Waals surface area (Å²) in [5, 5.41) is 2.88. The van der Waals surface area contributed by atoms with Gasteiger partial charge in [-0.05, 0) is 18.2 Å². The molecule has 2 aliphatic heterocycles. The number of hydrogen-bond donors (Lipinski definition) is 1. The van der Waals surface area contributed by atoms with Gasteiger partial charge in [0.15, 0.2) is 5.54 Å². The van der Waals surface area contributed by atoms with Gasteiger partial charge in [-0.2, -0.15) is 0 Å². The van der Waals surface area contributed by atoms with E-state index in [-0.39, 0.29) is 19.1 Å². The molecule has 1 saturated heterocycles. The van der Waals surface area contributed by atoms with Crippen molar-refractivity contribution in [1.82, 2.24) is 10.2 Å². The van der Waals surface area contributed by atoms with Crippen LogP contribution in [0.25, 0.3) is 0 Å².